The van der Waals surface area contributed by atoms with Gasteiger partial charge in [-0.05, 0) is 159 Å². The average molecular weight is 1960 g/mol. The molecule has 0 aliphatic carbocycles. The molecule has 0 aromatic carbocycles. The van der Waals surface area contributed by atoms with E-state index in [1.54, 1.807) is 87.5 Å². The summed E-state index contributed by atoms with van der Waals surface area (Å²) >= 11 is 41.6. The largest absolute Gasteiger partial charge is 0.618 e. The van der Waals surface area contributed by atoms with Crippen LogP contribution in [0.3, 0.4) is 0 Å². The number of nitrogens with two attached hydrogens (primary N) is 5. The van der Waals surface area contributed by atoms with Crippen molar-refractivity contribution in [1.82, 2.24) is 97.6 Å². The monoisotopic (exact) mass is 1960 g/mol. The number of hydrogen-bond acceptors (Lipinski definition) is 25. The molecule has 0 radical (unpaired) electrons. The molecule has 0 spiro atoms. The first-order chi connectivity index (χ1) is 51.9. The highest BCUT2D eigenvalue weighted by molar-refractivity contribution is 14.1. The van der Waals surface area contributed by atoms with Gasteiger partial charge in [-0.2, -0.15) is 63.5 Å². The fraction of sp³-hybridized carbons (Fsp3) is 0.254. The number of halogens is 9. The van der Waals surface area contributed by atoms with Gasteiger partial charge in [-0.3, -0.25) is 0 Å². The van der Waals surface area contributed by atoms with Gasteiger partial charge in [-0.25, -0.2) is 34.9 Å². The molecule has 44 heteroatoms. The lowest BCUT2D eigenvalue weighted by atomic mass is 10.0. The second-order valence-corrected chi connectivity index (χ2v) is 30.5. The first-order valence-corrected chi connectivity index (χ1v) is 37.9. The second-order valence-electron chi connectivity index (χ2n) is 25.0. The molecule has 0 saturated heterocycles. The summed E-state index contributed by atoms with van der Waals surface area (Å²) in [5, 5.41) is 62.7. The zero-order chi connectivity index (χ0) is 80.1. The van der Waals surface area contributed by atoms with Gasteiger partial charge in [0.1, 0.15) is 69.5 Å². The summed E-state index contributed by atoms with van der Waals surface area (Å²) in [7, 11) is 0. The summed E-state index contributed by atoms with van der Waals surface area (Å²) in [5.74, 6) is 0.490. The second kappa shape index (κ2) is 34.1. The highest BCUT2D eigenvalue weighted by Crippen LogP contribution is 2.30. The summed E-state index contributed by atoms with van der Waals surface area (Å²) < 4.78 is 16.2. The molecule has 0 amide bonds. The van der Waals surface area contributed by atoms with Crippen molar-refractivity contribution >= 4 is 221 Å². The molecule has 111 heavy (non-hydrogen) atoms. The van der Waals surface area contributed by atoms with Crippen LogP contribution in [0.2, 0.25) is 25.5 Å². The van der Waals surface area contributed by atoms with Gasteiger partial charge in [0.15, 0.2) is 74.7 Å². The minimum Gasteiger partial charge on any atom is -0.618 e. The molecule has 15 rings (SSSR count). The zero-order valence-corrected chi connectivity index (χ0v) is 71.1. The van der Waals surface area contributed by atoms with Gasteiger partial charge in [0.25, 0.3) is 0 Å². The fourth-order valence-electron chi connectivity index (χ4n) is 11.6. The lowest BCUT2D eigenvalue weighted by Crippen LogP contribution is -2.35. The first kappa shape index (κ1) is 83.8. The number of nitrogen functional groups attached to an aromatic ring is 5. The van der Waals surface area contributed by atoms with E-state index in [0.29, 0.717) is 129 Å². The van der Waals surface area contributed by atoms with Crippen LogP contribution >= 0.6 is 135 Å². The van der Waals surface area contributed by atoms with Crippen molar-refractivity contribution in [2.75, 3.05) is 28.7 Å². The summed E-state index contributed by atoms with van der Waals surface area (Å²) in [5.41, 5.74) is 46.1. The Balaban J connectivity index is 0.000000147. The van der Waals surface area contributed by atoms with E-state index in [1.807, 2.05) is 55.4 Å². The number of nitrogens with zero attached hydrogens (tertiary/aromatic N) is 25. The molecule has 0 aliphatic heterocycles. The lowest BCUT2D eigenvalue weighted by molar-refractivity contribution is -0.615. The highest BCUT2D eigenvalue weighted by atomic mass is 127. The molecule has 15 aromatic heterocycles. The number of imidazole rings is 5. The normalized spacial score (nSPS) is 11.2. The van der Waals surface area contributed by atoms with E-state index in [4.69, 9.17) is 86.7 Å². The molecule has 15 heterocycles. The van der Waals surface area contributed by atoms with Crippen molar-refractivity contribution in [3.63, 3.8) is 0 Å². The minimum atomic E-state index is 0. The minimum absolute atomic E-state index is 0. The molecule has 35 nitrogen and oxygen atoms in total. The van der Waals surface area contributed by atoms with Crippen LogP contribution in [-0.4, -0.2) is 97.6 Å². The Morgan fingerprint density at radius 3 is 0.838 bits per heavy atom. The van der Waals surface area contributed by atoms with Crippen molar-refractivity contribution in [2.45, 2.75) is 116 Å². The van der Waals surface area contributed by atoms with Gasteiger partial charge in [-0.1, -0.05) is 65.4 Å². The van der Waals surface area contributed by atoms with Crippen LogP contribution in [-0.2, 0) is 32.7 Å². The number of hydrogen-bond donors (Lipinski definition) is 5. The van der Waals surface area contributed by atoms with Crippen LogP contribution < -0.4 is 52.3 Å². The van der Waals surface area contributed by atoms with E-state index in [0.717, 1.165) is 86.4 Å². The predicted octanol–water partition coefficient (Wildman–Crippen LogP) is 10.5. The van der Waals surface area contributed by atoms with Crippen LogP contribution in [0, 0.1) is 109 Å². The van der Waals surface area contributed by atoms with E-state index in [9.17, 15) is 26.0 Å². The third-order valence-corrected chi connectivity index (χ3v) is 24.1. The van der Waals surface area contributed by atoms with Crippen molar-refractivity contribution in [2.24, 2.45) is 0 Å². The molecular formula is C67H67Br2Cl5I2N30O5. The van der Waals surface area contributed by atoms with Gasteiger partial charge in [0, 0.05) is 62.8 Å². The number of fused-ring (bicyclic) bond motifs is 5. The Kier molecular flexibility index (Phi) is 25.8. The SMILES string of the molecule is C.Cc1c[n+]([O-])c(Cn2cnc3c(Br)nc(N)nc32)c(C)c1Cl.Cc1c[n+]([O-])c(Cn2cnc3c(Br)nc(N)nc32)c(C)c1I.Cc1c[n+]([O-])c(Cn2cnc3c(Cl)nc(N)nc32)c(C)c1C.Cc1c[n+]([O-])c(Cn2cnc3c(Cl)nc(N)nc32)c(C)c1Cl.Cc1c[n+]([O-])c(Cn2cnc3c(Cl)nc(N)nc32)c(C)c1I. The standard InChI is InChI=1S/C14H15ClN6O.C13H12BrClN6O.C13H12BrIN6O.C13H12Cl2N6O.C13H12ClIN6O.CH4/c1-7-4-21(22)10(9(3)8(7)2)5-20-6-17-11-12(15)18-14(16)19-13(11)20;2*1-6-3-21(22)8(7(2)9(6)15)4-20-5-17-10-11(14)18-13(16)19-12(10)20;1-6-3-21(22)8(7(2)9(6)14)4-20-5-17-10-11(15)18-13(16)19-12(10)20;1-6-3-21(22)8(7(2)9(6)15)4-20-5-17-10-11(14)18-13(16)19-12(10)20;/h4,6H,5H2,1-3H3,(H2,16,18,19);4*3,5H,4H2,1-2H3,(H2,16,18,19);1H4. The maximum atomic E-state index is 12.2. The van der Waals surface area contributed by atoms with E-state index in [1.165, 1.54) is 18.7 Å². The summed E-state index contributed by atoms with van der Waals surface area (Å²) in [6.45, 7) is 22.3. The molecule has 0 fully saturated rings. The average Bonchev–Trinajstić information content (AvgIpc) is 1.68. The Hall–Kier alpha value is -9.63. The van der Waals surface area contributed by atoms with E-state index >= 15 is 0 Å². The molecule has 10 N–H and O–H groups in total. The van der Waals surface area contributed by atoms with Crippen LogP contribution in [0.4, 0.5) is 29.7 Å². The van der Waals surface area contributed by atoms with Crippen LogP contribution in [0.25, 0.3) is 55.8 Å². The number of pyridine rings is 5. The number of aryl methyl sites for hydroxylation is 5. The summed E-state index contributed by atoms with van der Waals surface area (Å²) in [4.78, 5) is 61.5. The van der Waals surface area contributed by atoms with Crippen LogP contribution in [0.1, 0.15) is 97.1 Å². The smallest absolute Gasteiger partial charge is 0.223 e. The predicted molar refractivity (Wildman–Crippen MR) is 446 cm³/mol. The van der Waals surface area contributed by atoms with Gasteiger partial charge in [0.2, 0.25) is 58.2 Å². The maximum absolute atomic E-state index is 12.2. The van der Waals surface area contributed by atoms with Crippen molar-refractivity contribution in [3.05, 3.63) is 220 Å². The topological polar surface area (TPSA) is 483 Å². The Morgan fingerprint density at radius 1 is 0.324 bits per heavy atom. The zero-order valence-electron chi connectivity index (χ0n) is 59.8. The van der Waals surface area contributed by atoms with E-state index < -0.39 is 0 Å². The van der Waals surface area contributed by atoms with Gasteiger partial charge in [0.05, 0.1) is 41.7 Å². The maximum Gasteiger partial charge on any atom is 0.223 e. The Labute approximate surface area is 700 Å². The first-order valence-electron chi connectivity index (χ1n) is 32.3. The highest BCUT2D eigenvalue weighted by Gasteiger charge is 2.26. The molecule has 0 unspecified atom stereocenters. The van der Waals surface area contributed by atoms with E-state index in [-0.39, 0.29) is 65.7 Å². The van der Waals surface area contributed by atoms with Crippen molar-refractivity contribution < 1.29 is 23.7 Å². The van der Waals surface area contributed by atoms with Crippen molar-refractivity contribution in [3.8, 4) is 0 Å². The molecule has 0 atom stereocenters. The van der Waals surface area contributed by atoms with Crippen LogP contribution in [0.5, 0.6) is 0 Å². The van der Waals surface area contributed by atoms with Gasteiger partial charge in [-0.15, -0.1) is 0 Å². The molecule has 578 valence electrons. The molecule has 0 saturated carbocycles. The lowest BCUT2D eigenvalue weighted by Gasteiger charge is -2.12. The third-order valence-electron chi connectivity index (χ3n) is 17.7. The van der Waals surface area contributed by atoms with Gasteiger partial charge < -0.3 is 77.5 Å². The third kappa shape index (κ3) is 17.5. The molecule has 0 bridgehead atoms. The summed E-state index contributed by atoms with van der Waals surface area (Å²) in [6.07, 6.45) is 15.6. The fourth-order valence-corrected chi connectivity index (χ4v) is 14.4. The number of aromatic nitrogens is 25. The molecular weight excluding hydrogens is 1900 g/mol. The Morgan fingerprint density at radius 2 is 0.550 bits per heavy atom. The van der Waals surface area contributed by atoms with Crippen LogP contribution in [0.15, 0.2) is 71.8 Å². The quantitative estimate of drug-likeness (QED) is 0.0367. The van der Waals surface area contributed by atoms with E-state index in [2.05, 4.69) is 152 Å². The Bertz CT molecular complexity index is 5330. The number of rotatable bonds is 10. The van der Waals surface area contributed by atoms with Gasteiger partial charge >= 0.3 is 0 Å². The molecule has 15 aromatic rings. The number of anilines is 5. The van der Waals surface area contributed by atoms with Crippen molar-refractivity contribution in [1.29, 1.82) is 0 Å². The molecule has 0 aliphatic rings. The summed E-state index contributed by atoms with van der Waals surface area (Å²) in [6, 6.07) is 0.